The first-order chi connectivity index (χ1) is 18.3. The molecule has 2 aromatic heterocycles. The van der Waals surface area contributed by atoms with Crippen molar-refractivity contribution >= 4 is 28.2 Å². The smallest absolute Gasteiger partial charge is 0.331 e. The third-order valence-electron chi connectivity index (χ3n) is 7.20. The number of rotatable bonds is 12. The third-order valence-corrected chi connectivity index (χ3v) is 7.20. The summed E-state index contributed by atoms with van der Waals surface area (Å²) in [6.07, 6.45) is 10.8. The highest BCUT2D eigenvalue weighted by Gasteiger charge is 2.52. The molecular formula is C31H37N3O4. The summed E-state index contributed by atoms with van der Waals surface area (Å²) in [6, 6.07) is 10.7. The summed E-state index contributed by atoms with van der Waals surface area (Å²) < 4.78 is 11.4. The van der Waals surface area contributed by atoms with Crippen LogP contribution in [-0.4, -0.2) is 40.1 Å². The number of Topliss-reactive ketones (excluding diaryl/α,β-unsaturated/α-hetero) is 1. The number of pyridine rings is 2. The average Bonchev–Trinajstić information content (AvgIpc) is 2.92. The average molecular weight is 516 g/mol. The molecule has 1 aliphatic carbocycles. The van der Waals surface area contributed by atoms with Gasteiger partial charge in [-0.25, -0.2) is 9.78 Å². The van der Waals surface area contributed by atoms with Gasteiger partial charge in [0.15, 0.2) is 11.8 Å². The Bertz CT molecular complexity index is 1290. The number of carbonyl (C=O) groups excluding carboxylic acids is 2. The molecule has 2 atom stereocenters. The van der Waals surface area contributed by atoms with Crippen LogP contribution in [0.5, 0.6) is 11.6 Å². The predicted octanol–water partition coefficient (Wildman–Crippen LogP) is 6.53. The number of esters is 1. The van der Waals surface area contributed by atoms with Gasteiger partial charge in [0, 0.05) is 30.7 Å². The van der Waals surface area contributed by atoms with Gasteiger partial charge in [0.1, 0.15) is 5.75 Å². The zero-order chi connectivity index (χ0) is 27.1. The molecule has 1 aromatic carbocycles. The van der Waals surface area contributed by atoms with Crippen molar-refractivity contribution in [3.8, 4) is 11.6 Å². The van der Waals surface area contributed by atoms with Gasteiger partial charge >= 0.3 is 5.97 Å². The Hall–Kier alpha value is -3.61. The van der Waals surface area contributed by atoms with Crippen molar-refractivity contribution in [1.82, 2.24) is 9.97 Å². The number of hydrogen-bond acceptors (Lipinski definition) is 7. The summed E-state index contributed by atoms with van der Waals surface area (Å²) in [6.45, 7) is 8.05. The maximum Gasteiger partial charge on any atom is 0.331 e. The highest BCUT2D eigenvalue weighted by atomic mass is 16.5. The first-order valence-electron chi connectivity index (χ1n) is 13.6. The number of aliphatic imine (C=N–C) groups is 1. The maximum atomic E-state index is 12.9. The van der Waals surface area contributed by atoms with Crippen LogP contribution < -0.4 is 4.74 Å². The van der Waals surface area contributed by atoms with Crippen molar-refractivity contribution in [3.05, 3.63) is 60.6 Å². The van der Waals surface area contributed by atoms with E-state index in [9.17, 15) is 9.59 Å². The number of fused-ring (bicyclic) bond motifs is 1. The Morgan fingerprint density at radius 3 is 2.55 bits per heavy atom. The number of hydrogen-bond donors (Lipinski definition) is 0. The quantitative estimate of drug-likeness (QED) is 0.201. The first-order valence-corrected chi connectivity index (χ1v) is 13.6. The Kier molecular flexibility index (Phi) is 8.87. The fourth-order valence-corrected chi connectivity index (χ4v) is 5.02. The van der Waals surface area contributed by atoms with Gasteiger partial charge in [0.05, 0.1) is 23.3 Å². The largest absolute Gasteiger partial charge is 0.464 e. The second kappa shape index (κ2) is 12.3. The summed E-state index contributed by atoms with van der Waals surface area (Å²) in [5.41, 5.74) is 1.11. The van der Waals surface area contributed by atoms with Crippen molar-refractivity contribution in [2.45, 2.75) is 72.3 Å². The molecule has 200 valence electrons. The van der Waals surface area contributed by atoms with E-state index in [-0.39, 0.29) is 24.3 Å². The molecule has 1 unspecified atom stereocenters. The second-order valence-electron chi connectivity index (χ2n) is 10.3. The molecule has 38 heavy (non-hydrogen) atoms. The van der Waals surface area contributed by atoms with Gasteiger partial charge in [-0.15, -0.1) is 0 Å². The lowest BCUT2D eigenvalue weighted by Crippen LogP contribution is -2.56. The minimum Gasteiger partial charge on any atom is -0.464 e. The molecule has 0 amide bonds. The predicted molar refractivity (Wildman–Crippen MR) is 149 cm³/mol. The number of nitrogens with zero attached hydrogens (tertiary/aromatic N) is 3. The molecule has 7 nitrogen and oxygen atoms in total. The number of carbonyl (C=O) groups is 2. The fraction of sp³-hybridized carbons (Fsp3) is 0.452. The molecular weight excluding hydrogens is 478 g/mol. The van der Waals surface area contributed by atoms with E-state index in [0.29, 0.717) is 18.1 Å². The Morgan fingerprint density at radius 2 is 1.82 bits per heavy atom. The summed E-state index contributed by atoms with van der Waals surface area (Å²) in [5, 5.41) is 1.83. The molecule has 1 aliphatic rings. The highest BCUT2D eigenvalue weighted by molar-refractivity contribution is 6.29. The van der Waals surface area contributed by atoms with Gasteiger partial charge in [0.2, 0.25) is 5.88 Å². The monoisotopic (exact) mass is 515 g/mol. The minimum atomic E-state index is -0.701. The molecule has 0 aliphatic heterocycles. The van der Waals surface area contributed by atoms with Crippen molar-refractivity contribution in [2.75, 3.05) is 6.61 Å². The van der Waals surface area contributed by atoms with Crippen molar-refractivity contribution in [1.29, 1.82) is 0 Å². The summed E-state index contributed by atoms with van der Waals surface area (Å²) in [4.78, 5) is 39.2. The van der Waals surface area contributed by atoms with Crippen molar-refractivity contribution in [3.63, 3.8) is 0 Å². The van der Waals surface area contributed by atoms with Crippen LogP contribution in [0.3, 0.4) is 0 Å². The SMILES string of the molecule is CCCCCCC1C(=O)C(C)(C)C1=N[C@@H](Cc1ccc(Oc2nccc3ccncc23)cc1)C(=O)OCC. The molecule has 2 heterocycles. The molecule has 1 saturated carbocycles. The number of aromatic nitrogens is 2. The number of unbranched alkanes of at least 4 members (excludes halogenated alkanes) is 3. The molecule has 0 radical (unpaired) electrons. The van der Waals surface area contributed by atoms with Crippen LogP contribution >= 0.6 is 0 Å². The molecule has 0 N–H and O–H groups in total. The van der Waals surface area contributed by atoms with Gasteiger partial charge in [-0.05, 0) is 62.4 Å². The fourth-order valence-electron chi connectivity index (χ4n) is 5.02. The third kappa shape index (κ3) is 6.09. The van der Waals surface area contributed by atoms with Crippen LogP contribution in [0.1, 0.15) is 65.4 Å². The van der Waals surface area contributed by atoms with Gasteiger partial charge in [-0.3, -0.25) is 14.8 Å². The van der Waals surface area contributed by atoms with E-state index < -0.39 is 11.5 Å². The van der Waals surface area contributed by atoms with Crippen LogP contribution in [0, 0.1) is 11.3 Å². The Labute approximate surface area is 224 Å². The van der Waals surface area contributed by atoms with Crippen LogP contribution in [0.2, 0.25) is 0 Å². The lowest BCUT2D eigenvalue weighted by molar-refractivity contribution is -0.144. The van der Waals surface area contributed by atoms with E-state index in [2.05, 4.69) is 16.9 Å². The minimum absolute atomic E-state index is 0.197. The molecule has 0 bridgehead atoms. The molecule has 3 aromatic rings. The van der Waals surface area contributed by atoms with Gasteiger partial charge in [-0.1, -0.05) is 44.7 Å². The lowest BCUT2D eigenvalue weighted by atomic mass is 9.59. The van der Waals surface area contributed by atoms with E-state index in [1.807, 2.05) is 50.2 Å². The highest BCUT2D eigenvalue weighted by Crippen LogP contribution is 2.41. The number of ketones is 1. The second-order valence-corrected chi connectivity index (χ2v) is 10.3. The molecule has 7 heteroatoms. The summed E-state index contributed by atoms with van der Waals surface area (Å²) >= 11 is 0. The molecule has 0 saturated heterocycles. The van der Waals surface area contributed by atoms with Crippen LogP contribution in [-0.2, 0) is 20.7 Å². The maximum absolute atomic E-state index is 12.9. The topological polar surface area (TPSA) is 90.7 Å². The summed E-state index contributed by atoms with van der Waals surface area (Å²) in [5.74, 6) is 0.773. The standard InChI is InChI=1S/C31H37N3O4/c1-5-7-8-9-10-24-27(31(3,4)28(24)35)34-26(30(36)37-6-2)19-21-11-13-23(14-12-21)38-29-25-20-32-17-15-22(25)16-18-33-29/h11-18,20,24,26H,5-10,19H2,1-4H3/t24?,26-/m0/s1. The lowest BCUT2D eigenvalue weighted by Gasteiger charge is -2.43. The number of ether oxygens (including phenoxy) is 2. The molecule has 1 fully saturated rings. The van der Waals surface area contributed by atoms with Gasteiger partial charge < -0.3 is 9.47 Å². The van der Waals surface area contributed by atoms with Crippen molar-refractivity contribution < 1.29 is 19.1 Å². The number of benzene rings is 1. The molecule has 4 rings (SSSR count). The van der Waals surface area contributed by atoms with Crippen LogP contribution in [0.4, 0.5) is 0 Å². The van der Waals surface area contributed by atoms with E-state index in [0.717, 1.165) is 54.2 Å². The zero-order valence-corrected chi connectivity index (χ0v) is 22.8. The summed E-state index contributed by atoms with van der Waals surface area (Å²) in [7, 11) is 0. The van der Waals surface area contributed by atoms with E-state index in [4.69, 9.17) is 14.5 Å². The Morgan fingerprint density at radius 1 is 1.05 bits per heavy atom. The van der Waals surface area contributed by atoms with Crippen molar-refractivity contribution in [2.24, 2.45) is 16.3 Å². The molecule has 0 spiro atoms. The normalized spacial score (nSPS) is 18.3. The van der Waals surface area contributed by atoms with E-state index in [1.165, 1.54) is 0 Å². The van der Waals surface area contributed by atoms with Gasteiger partial charge in [-0.2, -0.15) is 0 Å². The van der Waals surface area contributed by atoms with E-state index in [1.54, 1.807) is 25.5 Å². The van der Waals surface area contributed by atoms with Crippen LogP contribution in [0.15, 0.2) is 60.0 Å². The van der Waals surface area contributed by atoms with E-state index >= 15 is 0 Å². The van der Waals surface area contributed by atoms with Crippen LogP contribution in [0.25, 0.3) is 10.8 Å². The Balaban J connectivity index is 1.50. The van der Waals surface area contributed by atoms with Gasteiger partial charge in [0.25, 0.3) is 0 Å². The first kappa shape index (κ1) is 27.4. The zero-order valence-electron chi connectivity index (χ0n) is 22.8.